The average molecular weight is 254 g/mol. The Labute approximate surface area is 107 Å². The van der Waals surface area contributed by atoms with Crippen molar-refractivity contribution < 1.29 is 9.15 Å². The van der Waals surface area contributed by atoms with E-state index in [2.05, 4.69) is 27.8 Å². The number of aromatic nitrogens is 2. The van der Waals surface area contributed by atoms with Gasteiger partial charge in [-0.3, -0.25) is 0 Å². The third kappa shape index (κ3) is 4.27. The van der Waals surface area contributed by atoms with Crippen LogP contribution in [0.5, 0.6) is 0 Å². The lowest BCUT2D eigenvalue weighted by Crippen LogP contribution is -2.22. The predicted molar refractivity (Wildman–Crippen MR) is 68.3 cm³/mol. The molecule has 0 bridgehead atoms. The molecule has 6 nitrogen and oxygen atoms in total. The monoisotopic (exact) mass is 254 g/mol. The molecule has 1 aliphatic rings. The van der Waals surface area contributed by atoms with E-state index in [0.717, 1.165) is 45.6 Å². The van der Waals surface area contributed by atoms with E-state index in [0.29, 0.717) is 24.4 Å². The van der Waals surface area contributed by atoms with E-state index < -0.39 is 0 Å². The fourth-order valence-electron chi connectivity index (χ4n) is 1.95. The van der Waals surface area contributed by atoms with Gasteiger partial charge in [0.15, 0.2) is 0 Å². The molecule has 18 heavy (non-hydrogen) atoms. The third-order valence-corrected chi connectivity index (χ3v) is 3.05. The Morgan fingerprint density at radius 1 is 1.28 bits per heavy atom. The maximum absolute atomic E-state index is 5.49. The van der Waals surface area contributed by atoms with Gasteiger partial charge in [0, 0.05) is 19.8 Å². The molecule has 0 atom stereocenters. The van der Waals surface area contributed by atoms with Crippen LogP contribution in [0, 0.1) is 5.92 Å². The van der Waals surface area contributed by atoms with Crippen LogP contribution in [-0.4, -0.2) is 36.5 Å². The maximum Gasteiger partial charge on any atom is 0.315 e. The fourth-order valence-corrected chi connectivity index (χ4v) is 1.95. The Balaban J connectivity index is 1.69. The highest BCUT2D eigenvalue weighted by Gasteiger charge is 2.14. The van der Waals surface area contributed by atoms with Crippen molar-refractivity contribution in [3.05, 3.63) is 5.89 Å². The first kappa shape index (κ1) is 13.3. The van der Waals surface area contributed by atoms with Gasteiger partial charge in [-0.1, -0.05) is 12.0 Å². The lowest BCUT2D eigenvalue weighted by Gasteiger charge is -2.21. The van der Waals surface area contributed by atoms with Gasteiger partial charge >= 0.3 is 6.01 Å². The number of nitrogens with one attached hydrogen (secondary N) is 2. The number of hydrogen-bond donors (Lipinski definition) is 2. The van der Waals surface area contributed by atoms with Crippen molar-refractivity contribution >= 4 is 6.01 Å². The molecule has 0 aromatic carbocycles. The molecule has 0 amide bonds. The minimum atomic E-state index is 0.523. The first-order valence-electron chi connectivity index (χ1n) is 6.73. The summed E-state index contributed by atoms with van der Waals surface area (Å²) in [7, 11) is 0. The number of ether oxygens (including phenoxy) is 1. The molecule has 6 heteroatoms. The zero-order chi connectivity index (χ0) is 12.6. The highest BCUT2D eigenvalue weighted by Crippen LogP contribution is 2.15. The van der Waals surface area contributed by atoms with Crippen LogP contribution in [0.15, 0.2) is 4.42 Å². The van der Waals surface area contributed by atoms with Gasteiger partial charge in [-0.25, -0.2) is 0 Å². The van der Waals surface area contributed by atoms with Gasteiger partial charge < -0.3 is 19.8 Å². The largest absolute Gasteiger partial charge is 0.407 e. The lowest BCUT2D eigenvalue weighted by atomic mass is 10.0. The summed E-state index contributed by atoms with van der Waals surface area (Å²) in [5.74, 6) is 1.28. The summed E-state index contributed by atoms with van der Waals surface area (Å²) >= 11 is 0. The van der Waals surface area contributed by atoms with E-state index in [4.69, 9.17) is 9.15 Å². The van der Waals surface area contributed by atoms with E-state index in [-0.39, 0.29) is 0 Å². The van der Waals surface area contributed by atoms with Crippen molar-refractivity contribution in [2.24, 2.45) is 5.92 Å². The van der Waals surface area contributed by atoms with Crippen LogP contribution < -0.4 is 10.6 Å². The molecule has 102 valence electrons. The molecule has 0 radical (unpaired) electrons. The second-order valence-corrected chi connectivity index (χ2v) is 4.61. The predicted octanol–water partition coefficient (Wildman–Crippen LogP) is 1.41. The normalized spacial score (nSPS) is 16.9. The molecule has 2 heterocycles. The number of nitrogens with zero attached hydrogens (tertiary/aromatic N) is 2. The summed E-state index contributed by atoms with van der Waals surface area (Å²) < 4.78 is 10.8. The summed E-state index contributed by atoms with van der Waals surface area (Å²) in [5.41, 5.74) is 0. The van der Waals surface area contributed by atoms with Gasteiger partial charge in [-0.15, -0.1) is 5.10 Å². The SMILES string of the molecule is CCCNCc1nnc(NCC2CCOCC2)o1. The van der Waals surface area contributed by atoms with Crippen molar-refractivity contribution in [1.29, 1.82) is 0 Å². The first-order valence-corrected chi connectivity index (χ1v) is 6.73. The highest BCUT2D eigenvalue weighted by molar-refractivity contribution is 5.16. The summed E-state index contributed by atoms with van der Waals surface area (Å²) in [4.78, 5) is 0. The number of anilines is 1. The topological polar surface area (TPSA) is 72.2 Å². The van der Waals surface area contributed by atoms with Crippen LogP contribution in [-0.2, 0) is 11.3 Å². The molecule has 0 unspecified atom stereocenters. The van der Waals surface area contributed by atoms with Crippen molar-refractivity contribution in [3.63, 3.8) is 0 Å². The molecule has 1 saturated heterocycles. The quantitative estimate of drug-likeness (QED) is 0.717. The molecule has 0 spiro atoms. The first-order chi connectivity index (χ1) is 8.88. The van der Waals surface area contributed by atoms with E-state index in [9.17, 15) is 0 Å². The fraction of sp³-hybridized carbons (Fsp3) is 0.833. The molecule has 2 N–H and O–H groups in total. The minimum Gasteiger partial charge on any atom is -0.407 e. The zero-order valence-electron chi connectivity index (χ0n) is 10.9. The molecule has 2 rings (SSSR count). The maximum atomic E-state index is 5.49. The van der Waals surface area contributed by atoms with Crippen LogP contribution in [0.3, 0.4) is 0 Å². The van der Waals surface area contributed by atoms with Crippen LogP contribution in [0.1, 0.15) is 32.1 Å². The second-order valence-electron chi connectivity index (χ2n) is 4.61. The minimum absolute atomic E-state index is 0.523. The number of hydrogen-bond acceptors (Lipinski definition) is 6. The Morgan fingerprint density at radius 3 is 2.89 bits per heavy atom. The Bertz CT molecular complexity index is 337. The molecular weight excluding hydrogens is 232 g/mol. The smallest absolute Gasteiger partial charge is 0.315 e. The van der Waals surface area contributed by atoms with Crippen molar-refractivity contribution in [1.82, 2.24) is 15.5 Å². The molecular formula is C12H22N4O2. The zero-order valence-corrected chi connectivity index (χ0v) is 10.9. The average Bonchev–Trinajstić information content (AvgIpc) is 2.86. The Morgan fingerprint density at radius 2 is 2.11 bits per heavy atom. The van der Waals surface area contributed by atoms with E-state index in [1.54, 1.807) is 0 Å². The van der Waals surface area contributed by atoms with Crippen molar-refractivity contribution in [3.8, 4) is 0 Å². The summed E-state index contributed by atoms with van der Waals surface area (Å²) in [6.07, 6.45) is 3.31. The molecule has 1 aliphatic heterocycles. The van der Waals surface area contributed by atoms with E-state index in [1.165, 1.54) is 0 Å². The van der Waals surface area contributed by atoms with Crippen molar-refractivity contribution in [2.45, 2.75) is 32.7 Å². The second kappa shape index (κ2) is 7.33. The van der Waals surface area contributed by atoms with Crippen LogP contribution in [0.4, 0.5) is 6.01 Å². The van der Waals surface area contributed by atoms with Gasteiger partial charge in [0.05, 0.1) is 6.54 Å². The molecule has 1 fully saturated rings. The standard InChI is InChI=1S/C12H22N4O2/c1-2-5-13-9-11-15-16-12(18-11)14-8-10-3-6-17-7-4-10/h10,13H,2-9H2,1H3,(H,14,16). The Kier molecular flexibility index (Phi) is 5.41. The number of rotatable bonds is 7. The Hall–Kier alpha value is -1.14. The van der Waals surface area contributed by atoms with Gasteiger partial charge in [-0.2, -0.15) is 0 Å². The molecule has 1 aromatic rings. The third-order valence-electron chi connectivity index (χ3n) is 3.05. The van der Waals surface area contributed by atoms with Gasteiger partial charge in [0.25, 0.3) is 0 Å². The summed E-state index contributed by atoms with van der Waals surface area (Å²) in [6, 6.07) is 0.523. The van der Waals surface area contributed by atoms with Crippen LogP contribution in [0.25, 0.3) is 0 Å². The van der Waals surface area contributed by atoms with Crippen LogP contribution >= 0.6 is 0 Å². The highest BCUT2D eigenvalue weighted by atomic mass is 16.5. The van der Waals surface area contributed by atoms with Gasteiger partial charge in [-0.05, 0) is 31.7 Å². The van der Waals surface area contributed by atoms with Crippen LogP contribution in [0.2, 0.25) is 0 Å². The molecule has 1 aromatic heterocycles. The van der Waals surface area contributed by atoms with Gasteiger partial charge in [0.2, 0.25) is 5.89 Å². The van der Waals surface area contributed by atoms with Crippen molar-refractivity contribution in [2.75, 3.05) is 31.6 Å². The summed E-state index contributed by atoms with van der Waals surface area (Å²) in [6.45, 7) is 6.34. The van der Waals surface area contributed by atoms with E-state index >= 15 is 0 Å². The molecule has 0 aliphatic carbocycles. The van der Waals surface area contributed by atoms with Gasteiger partial charge in [0.1, 0.15) is 0 Å². The summed E-state index contributed by atoms with van der Waals surface area (Å²) in [5, 5.41) is 14.4. The van der Waals surface area contributed by atoms with E-state index in [1.807, 2.05) is 0 Å². The molecule has 0 saturated carbocycles. The lowest BCUT2D eigenvalue weighted by molar-refractivity contribution is 0.0698.